The Morgan fingerprint density at radius 1 is 1.60 bits per heavy atom. The van der Waals surface area contributed by atoms with Gasteiger partial charge in [0, 0.05) is 20.6 Å². The molecule has 86 valence electrons. The van der Waals surface area contributed by atoms with Gasteiger partial charge in [0.15, 0.2) is 6.29 Å². The van der Waals surface area contributed by atoms with E-state index < -0.39 is 11.9 Å². The number of nitrogens with zero attached hydrogens (tertiary/aromatic N) is 1. The normalized spacial score (nSPS) is 15.6. The summed E-state index contributed by atoms with van der Waals surface area (Å²) in [6.07, 6.45) is -0.0603. The molecule has 1 unspecified atom stereocenters. The van der Waals surface area contributed by atoms with Crippen molar-refractivity contribution < 1.29 is 14.6 Å². The molecule has 0 bridgehead atoms. The van der Waals surface area contributed by atoms with Gasteiger partial charge in [0.1, 0.15) is 10.2 Å². The minimum Gasteiger partial charge on any atom is -0.384 e. The van der Waals surface area contributed by atoms with Gasteiger partial charge in [-0.25, -0.2) is 4.98 Å². The Morgan fingerprint density at radius 3 is 2.60 bits per heavy atom. The highest BCUT2D eigenvalue weighted by Gasteiger charge is 2.31. The summed E-state index contributed by atoms with van der Waals surface area (Å²) in [7, 11) is 3.10. The Balaban J connectivity index is 2.79. The Kier molecular flexibility index (Phi) is 4.66. The molecular formula is C9H14BrNO3S. The van der Waals surface area contributed by atoms with Gasteiger partial charge in [-0.2, -0.15) is 0 Å². The van der Waals surface area contributed by atoms with Gasteiger partial charge >= 0.3 is 0 Å². The largest absolute Gasteiger partial charge is 0.384 e. The van der Waals surface area contributed by atoms with E-state index in [1.54, 1.807) is 26.7 Å². The first-order valence-electron chi connectivity index (χ1n) is 4.38. The molecule has 1 aromatic heterocycles. The second kappa shape index (κ2) is 5.36. The van der Waals surface area contributed by atoms with E-state index in [9.17, 15) is 5.11 Å². The quantitative estimate of drug-likeness (QED) is 0.846. The number of hydrogen-bond acceptors (Lipinski definition) is 5. The molecule has 0 aliphatic heterocycles. The second-order valence-electron chi connectivity index (χ2n) is 3.35. The standard InChI is InChI=1S/C9H14BrNO3S/c1-9(12,4-6(13-2)14-3)7-8(10)11-5-15-7/h5-6,12H,4H2,1-3H3. The van der Waals surface area contributed by atoms with Crippen LogP contribution in [-0.4, -0.2) is 30.6 Å². The average Bonchev–Trinajstić information content (AvgIpc) is 2.61. The first-order chi connectivity index (χ1) is 7.01. The summed E-state index contributed by atoms with van der Waals surface area (Å²) < 4.78 is 10.8. The maximum Gasteiger partial charge on any atom is 0.159 e. The Morgan fingerprint density at radius 2 is 2.20 bits per heavy atom. The number of aromatic nitrogens is 1. The van der Waals surface area contributed by atoms with Crippen LogP contribution in [0.1, 0.15) is 18.2 Å². The number of rotatable bonds is 5. The van der Waals surface area contributed by atoms with Gasteiger partial charge in [-0.15, -0.1) is 11.3 Å². The predicted octanol–water partition coefficient (Wildman–Crippen LogP) is 2.12. The third-order valence-corrected chi connectivity index (χ3v) is 4.05. The van der Waals surface area contributed by atoms with Crippen molar-refractivity contribution in [2.75, 3.05) is 14.2 Å². The molecule has 0 amide bonds. The molecule has 4 nitrogen and oxygen atoms in total. The summed E-state index contributed by atoms with van der Waals surface area (Å²) in [6, 6.07) is 0. The molecule has 0 saturated carbocycles. The van der Waals surface area contributed by atoms with Gasteiger partial charge in [0.05, 0.1) is 10.4 Å². The van der Waals surface area contributed by atoms with E-state index in [0.29, 0.717) is 11.0 Å². The van der Waals surface area contributed by atoms with Crippen molar-refractivity contribution in [3.8, 4) is 0 Å². The third-order valence-electron chi connectivity index (χ3n) is 2.10. The number of aliphatic hydroxyl groups is 1. The highest BCUT2D eigenvalue weighted by molar-refractivity contribution is 9.10. The molecule has 0 radical (unpaired) electrons. The van der Waals surface area contributed by atoms with Gasteiger partial charge in [-0.05, 0) is 22.9 Å². The monoisotopic (exact) mass is 295 g/mol. The van der Waals surface area contributed by atoms with Crippen molar-refractivity contribution in [2.24, 2.45) is 0 Å². The van der Waals surface area contributed by atoms with Crippen molar-refractivity contribution in [2.45, 2.75) is 25.2 Å². The average molecular weight is 296 g/mol. The molecule has 0 saturated heterocycles. The molecule has 1 atom stereocenters. The Bertz CT molecular complexity index is 312. The van der Waals surface area contributed by atoms with Crippen LogP contribution >= 0.6 is 27.3 Å². The van der Waals surface area contributed by atoms with Crippen LogP contribution in [0.2, 0.25) is 0 Å². The van der Waals surface area contributed by atoms with Crippen molar-refractivity contribution in [3.05, 3.63) is 15.0 Å². The molecular weight excluding hydrogens is 282 g/mol. The van der Waals surface area contributed by atoms with Crippen LogP contribution in [0.3, 0.4) is 0 Å². The summed E-state index contributed by atoms with van der Waals surface area (Å²) in [5, 5.41) is 10.3. The smallest absolute Gasteiger partial charge is 0.159 e. The molecule has 0 aromatic carbocycles. The fourth-order valence-corrected chi connectivity index (χ4v) is 2.96. The molecule has 0 aliphatic rings. The molecule has 15 heavy (non-hydrogen) atoms. The topological polar surface area (TPSA) is 51.6 Å². The molecule has 1 rings (SSSR count). The lowest BCUT2D eigenvalue weighted by molar-refractivity contribution is -0.141. The SMILES string of the molecule is COC(CC(C)(O)c1scnc1Br)OC. The molecule has 6 heteroatoms. The lowest BCUT2D eigenvalue weighted by Gasteiger charge is -2.26. The molecule has 1 heterocycles. The van der Waals surface area contributed by atoms with Crippen LogP contribution in [0.5, 0.6) is 0 Å². The Hall–Kier alpha value is -0.0100. The van der Waals surface area contributed by atoms with Crippen molar-refractivity contribution >= 4 is 27.3 Å². The predicted molar refractivity (Wildman–Crippen MR) is 61.8 cm³/mol. The zero-order valence-electron chi connectivity index (χ0n) is 8.86. The number of hydrogen-bond donors (Lipinski definition) is 1. The summed E-state index contributed by atoms with van der Waals surface area (Å²) in [5.41, 5.74) is 0.680. The molecule has 1 aromatic rings. The maximum atomic E-state index is 10.3. The fraction of sp³-hybridized carbons (Fsp3) is 0.667. The third kappa shape index (κ3) is 3.22. The van der Waals surface area contributed by atoms with Crippen LogP contribution < -0.4 is 0 Å². The zero-order valence-corrected chi connectivity index (χ0v) is 11.3. The van der Waals surface area contributed by atoms with Crippen LogP contribution in [0.25, 0.3) is 0 Å². The van der Waals surface area contributed by atoms with Gasteiger partial charge in [-0.3, -0.25) is 0 Å². The second-order valence-corrected chi connectivity index (χ2v) is 4.96. The van der Waals surface area contributed by atoms with Crippen LogP contribution in [0.15, 0.2) is 10.1 Å². The van der Waals surface area contributed by atoms with Crippen LogP contribution in [-0.2, 0) is 15.1 Å². The van der Waals surface area contributed by atoms with Crippen molar-refractivity contribution in [1.82, 2.24) is 4.98 Å². The van der Waals surface area contributed by atoms with Gasteiger partial charge in [0.25, 0.3) is 0 Å². The molecule has 0 fully saturated rings. The number of ether oxygens (including phenoxy) is 2. The Labute approximate surface area is 101 Å². The molecule has 0 spiro atoms. The first-order valence-corrected chi connectivity index (χ1v) is 6.06. The number of methoxy groups -OCH3 is 2. The summed E-state index contributed by atoms with van der Waals surface area (Å²) in [6.45, 7) is 1.72. The van der Waals surface area contributed by atoms with Crippen molar-refractivity contribution in [3.63, 3.8) is 0 Å². The van der Waals surface area contributed by atoms with E-state index in [2.05, 4.69) is 20.9 Å². The van der Waals surface area contributed by atoms with Crippen LogP contribution in [0.4, 0.5) is 0 Å². The first kappa shape index (κ1) is 13.1. The lowest BCUT2D eigenvalue weighted by Crippen LogP contribution is -2.29. The molecule has 0 aliphatic carbocycles. The van der Waals surface area contributed by atoms with E-state index in [4.69, 9.17) is 9.47 Å². The number of thiazole rings is 1. The lowest BCUT2D eigenvalue weighted by atomic mass is 10.0. The van der Waals surface area contributed by atoms with E-state index in [0.717, 1.165) is 4.88 Å². The van der Waals surface area contributed by atoms with Gasteiger partial charge < -0.3 is 14.6 Å². The minimum atomic E-state index is -1.00. The van der Waals surface area contributed by atoms with E-state index in [1.807, 2.05) is 0 Å². The van der Waals surface area contributed by atoms with E-state index in [1.165, 1.54) is 11.3 Å². The zero-order chi connectivity index (χ0) is 11.5. The highest BCUT2D eigenvalue weighted by Crippen LogP contribution is 2.34. The summed E-state index contributed by atoms with van der Waals surface area (Å²) >= 11 is 4.69. The number of halogens is 1. The van der Waals surface area contributed by atoms with E-state index in [-0.39, 0.29) is 0 Å². The highest BCUT2D eigenvalue weighted by atomic mass is 79.9. The molecule has 1 N–H and O–H groups in total. The van der Waals surface area contributed by atoms with Gasteiger partial charge in [-0.1, -0.05) is 0 Å². The minimum absolute atomic E-state index is 0.362. The maximum absolute atomic E-state index is 10.3. The van der Waals surface area contributed by atoms with Gasteiger partial charge in [0.2, 0.25) is 0 Å². The van der Waals surface area contributed by atoms with Crippen LogP contribution in [0, 0.1) is 0 Å². The summed E-state index contributed by atoms with van der Waals surface area (Å²) in [4.78, 5) is 4.81. The fourth-order valence-electron chi connectivity index (χ4n) is 1.26. The summed E-state index contributed by atoms with van der Waals surface area (Å²) in [5.74, 6) is 0. The van der Waals surface area contributed by atoms with Crippen molar-refractivity contribution in [1.29, 1.82) is 0 Å². The van der Waals surface area contributed by atoms with E-state index >= 15 is 0 Å².